The van der Waals surface area contributed by atoms with Gasteiger partial charge in [-0.05, 0) is 18.6 Å². The van der Waals surface area contributed by atoms with E-state index in [2.05, 4.69) is 11.6 Å². The van der Waals surface area contributed by atoms with Gasteiger partial charge in [-0.25, -0.2) is 4.98 Å². The first-order chi connectivity index (χ1) is 9.65. The fraction of sp³-hybridized carbons (Fsp3) is 0.333. The van der Waals surface area contributed by atoms with Crippen molar-refractivity contribution >= 4 is 17.0 Å². The van der Waals surface area contributed by atoms with E-state index < -0.39 is 5.97 Å². The van der Waals surface area contributed by atoms with Gasteiger partial charge in [0.1, 0.15) is 18.0 Å². The first-order valence-electron chi connectivity index (χ1n) is 6.60. The third kappa shape index (κ3) is 2.99. The molecule has 0 saturated carbocycles. The third-order valence-corrected chi connectivity index (χ3v) is 2.89. The summed E-state index contributed by atoms with van der Waals surface area (Å²) in [7, 11) is 0. The second-order valence-electron chi connectivity index (χ2n) is 4.50. The number of carboxylic acids is 1. The Kier molecular flexibility index (Phi) is 4.40. The Labute approximate surface area is 117 Å². The van der Waals surface area contributed by atoms with Gasteiger partial charge in [-0.15, -0.1) is 6.58 Å². The number of nitrogens with zero attached hydrogens (tertiary/aromatic N) is 2. The van der Waals surface area contributed by atoms with Gasteiger partial charge in [0, 0.05) is 12.6 Å². The normalized spacial score (nSPS) is 10.7. The number of imidazole rings is 1. The maximum absolute atomic E-state index is 10.9. The molecule has 2 aromatic rings. The number of allylic oxidation sites excluding steroid dienone is 1. The van der Waals surface area contributed by atoms with Crippen LogP contribution in [0.15, 0.2) is 30.9 Å². The Bertz CT molecular complexity index is 631. The second kappa shape index (κ2) is 6.23. The summed E-state index contributed by atoms with van der Waals surface area (Å²) >= 11 is 0. The maximum atomic E-state index is 10.9. The van der Waals surface area contributed by atoms with E-state index in [1.54, 1.807) is 6.08 Å². The van der Waals surface area contributed by atoms with Crippen LogP contribution in [0.3, 0.4) is 0 Å². The molecule has 1 aromatic heterocycles. The molecule has 0 spiro atoms. The van der Waals surface area contributed by atoms with Crippen molar-refractivity contribution in [3.63, 3.8) is 0 Å². The van der Waals surface area contributed by atoms with Gasteiger partial charge in [-0.3, -0.25) is 4.79 Å². The van der Waals surface area contributed by atoms with Gasteiger partial charge >= 0.3 is 5.97 Å². The fourth-order valence-corrected chi connectivity index (χ4v) is 2.07. The highest BCUT2D eigenvalue weighted by atomic mass is 16.5. The van der Waals surface area contributed by atoms with Crippen LogP contribution in [0.2, 0.25) is 0 Å². The first kappa shape index (κ1) is 14.1. The molecule has 0 radical (unpaired) electrons. The zero-order valence-electron chi connectivity index (χ0n) is 11.5. The van der Waals surface area contributed by atoms with Crippen molar-refractivity contribution in [2.75, 3.05) is 6.61 Å². The average Bonchev–Trinajstić information content (AvgIpc) is 2.73. The van der Waals surface area contributed by atoms with Crippen molar-refractivity contribution in [1.82, 2.24) is 9.55 Å². The van der Waals surface area contributed by atoms with Crippen LogP contribution in [0.5, 0.6) is 5.75 Å². The van der Waals surface area contributed by atoms with E-state index in [9.17, 15) is 4.79 Å². The summed E-state index contributed by atoms with van der Waals surface area (Å²) in [6, 6.07) is 5.63. The minimum Gasteiger partial charge on any atom is -0.494 e. The predicted molar refractivity (Wildman–Crippen MR) is 77.1 cm³/mol. The van der Waals surface area contributed by atoms with E-state index in [1.807, 2.05) is 29.7 Å². The van der Waals surface area contributed by atoms with Gasteiger partial charge in [0.2, 0.25) is 0 Å². The van der Waals surface area contributed by atoms with Crippen molar-refractivity contribution in [1.29, 1.82) is 0 Å². The molecular formula is C15H18N2O3. The average molecular weight is 274 g/mol. The van der Waals surface area contributed by atoms with Crippen molar-refractivity contribution in [3.05, 3.63) is 36.7 Å². The Morgan fingerprint density at radius 2 is 2.35 bits per heavy atom. The Hall–Kier alpha value is -2.30. The Balaban J connectivity index is 2.43. The summed E-state index contributed by atoms with van der Waals surface area (Å²) < 4.78 is 7.43. The highest BCUT2D eigenvalue weighted by Gasteiger charge is 2.13. The quantitative estimate of drug-likeness (QED) is 0.788. The minimum atomic E-state index is -0.895. The molecule has 0 unspecified atom stereocenters. The van der Waals surface area contributed by atoms with Crippen LogP contribution in [0.4, 0.5) is 0 Å². The molecule has 0 aliphatic carbocycles. The van der Waals surface area contributed by atoms with Gasteiger partial charge in [0.15, 0.2) is 0 Å². The summed E-state index contributed by atoms with van der Waals surface area (Å²) in [4.78, 5) is 15.3. The molecule has 5 heteroatoms. The number of hydrogen-bond acceptors (Lipinski definition) is 3. The summed E-state index contributed by atoms with van der Waals surface area (Å²) in [5.74, 6) is 0.387. The number of fused-ring (bicyclic) bond motifs is 1. The lowest BCUT2D eigenvalue weighted by Gasteiger charge is -2.06. The van der Waals surface area contributed by atoms with Crippen molar-refractivity contribution in [3.8, 4) is 5.75 Å². The van der Waals surface area contributed by atoms with Gasteiger partial charge in [-0.1, -0.05) is 13.0 Å². The van der Waals surface area contributed by atoms with Crippen LogP contribution in [-0.4, -0.2) is 27.2 Å². The molecule has 0 aliphatic heterocycles. The van der Waals surface area contributed by atoms with E-state index in [4.69, 9.17) is 9.84 Å². The van der Waals surface area contributed by atoms with Crippen LogP contribution >= 0.6 is 0 Å². The van der Waals surface area contributed by atoms with Gasteiger partial charge in [0.25, 0.3) is 0 Å². The van der Waals surface area contributed by atoms with Crippen LogP contribution in [-0.2, 0) is 17.8 Å². The molecule has 0 bridgehead atoms. The summed E-state index contributed by atoms with van der Waals surface area (Å²) in [5.41, 5.74) is 1.64. The maximum Gasteiger partial charge on any atom is 0.311 e. The summed E-state index contributed by atoms with van der Waals surface area (Å²) in [6.45, 7) is 6.93. The highest BCUT2D eigenvalue weighted by molar-refractivity contribution is 5.79. The smallest absolute Gasteiger partial charge is 0.311 e. The summed E-state index contributed by atoms with van der Waals surface area (Å²) in [5, 5.41) is 8.95. The van der Waals surface area contributed by atoms with Gasteiger partial charge < -0.3 is 14.4 Å². The van der Waals surface area contributed by atoms with E-state index in [-0.39, 0.29) is 6.42 Å². The molecule has 5 nitrogen and oxygen atoms in total. The molecule has 0 atom stereocenters. The SMILES string of the molecule is C=CCn1c(CC(=O)O)nc2cc(OCCC)ccc21. The number of carboxylic acid groups (broad SMARTS) is 1. The molecule has 0 saturated heterocycles. The number of rotatable bonds is 7. The number of benzene rings is 1. The van der Waals surface area contributed by atoms with E-state index in [0.717, 1.165) is 23.2 Å². The second-order valence-corrected chi connectivity index (χ2v) is 4.50. The largest absolute Gasteiger partial charge is 0.494 e. The molecule has 106 valence electrons. The fourth-order valence-electron chi connectivity index (χ4n) is 2.07. The molecule has 0 fully saturated rings. The number of carbonyl (C=O) groups is 1. The lowest BCUT2D eigenvalue weighted by molar-refractivity contribution is -0.136. The van der Waals surface area contributed by atoms with Crippen LogP contribution < -0.4 is 4.74 Å². The van der Waals surface area contributed by atoms with Gasteiger partial charge in [0.05, 0.1) is 17.6 Å². The number of aliphatic carboxylic acids is 1. The molecule has 2 rings (SSSR count). The zero-order chi connectivity index (χ0) is 14.5. The number of hydrogen-bond donors (Lipinski definition) is 1. The van der Waals surface area contributed by atoms with E-state index >= 15 is 0 Å². The van der Waals surface area contributed by atoms with Crippen molar-refractivity contribution in [2.45, 2.75) is 26.3 Å². The molecule has 1 aromatic carbocycles. The third-order valence-electron chi connectivity index (χ3n) is 2.89. The lowest BCUT2D eigenvalue weighted by Crippen LogP contribution is -2.08. The lowest BCUT2D eigenvalue weighted by atomic mass is 10.3. The molecule has 1 heterocycles. The predicted octanol–water partition coefficient (Wildman–Crippen LogP) is 2.64. The van der Waals surface area contributed by atoms with Crippen LogP contribution in [0.1, 0.15) is 19.2 Å². The topological polar surface area (TPSA) is 64.4 Å². The molecular weight excluding hydrogens is 256 g/mol. The molecule has 20 heavy (non-hydrogen) atoms. The van der Waals surface area contributed by atoms with Gasteiger partial charge in [-0.2, -0.15) is 0 Å². The number of ether oxygens (including phenoxy) is 1. The zero-order valence-corrected chi connectivity index (χ0v) is 11.5. The Morgan fingerprint density at radius 1 is 1.55 bits per heavy atom. The standard InChI is InChI=1S/C15H18N2O3/c1-3-7-17-13-6-5-11(20-8-4-2)9-12(13)16-14(17)10-15(18)19/h3,5-6,9H,1,4,7-8,10H2,2H3,(H,18,19). The van der Waals surface area contributed by atoms with Crippen molar-refractivity contribution in [2.24, 2.45) is 0 Å². The van der Waals surface area contributed by atoms with Crippen LogP contribution in [0.25, 0.3) is 11.0 Å². The Morgan fingerprint density at radius 3 is 3.00 bits per heavy atom. The van der Waals surface area contributed by atoms with Crippen LogP contribution in [0, 0.1) is 0 Å². The molecule has 0 aliphatic rings. The highest BCUT2D eigenvalue weighted by Crippen LogP contribution is 2.22. The van der Waals surface area contributed by atoms with Crippen molar-refractivity contribution < 1.29 is 14.6 Å². The van der Waals surface area contributed by atoms with E-state index in [1.165, 1.54) is 0 Å². The number of aromatic nitrogens is 2. The molecule has 0 amide bonds. The minimum absolute atomic E-state index is 0.104. The first-order valence-corrected chi connectivity index (χ1v) is 6.60. The van der Waals surface area contributed by atoms with E-state index in [0.29, 0.717) is 19.0 Å². The monoisotopic (exact) mass is 274 g/mol. The molecule has 1 N–H and O–H groups in total. The summed E-state index contributed by atoms with van der Waals surface area (Å²) in [6.07, 6.45) is 2.56.